The molecule has 0 radical (unpaired) electrons. The molecule has 152 valence electrons. The van der Waals surface area contributed by atoms with Gasteiger partial charge in [0.2, 0.25) is 0 Å². The number of hydrogen-bond acceptors (Lipinski definition) is 2. The molecule has 1 aliphatic carbocycles. The van der Waals surface area contributed by atoms with E-state index < -0.39 is 0 Å². The van der Waals surface area contributed by atoms with Gasteiger partial charge in [0.05, 0.1) is 0 Å². The Hall–Kier alpha value is -1.96. The highest BCUT2D eigenvalue weighted by molar-refractivity contribution is 5.30. The van der Waals surface area contributed by atoms with E-state index in [1.807, 2.05) is 24.3 Å². The molecule has 2 heteroatoms. The molecule has 0 amide bonds. The van der Waals surface area contributed by atoms with Crippen LogP contribution in [0.15, 0.2) is 48.5 Å². The standard InChI is InChI=1S/C26H36O2/c1-3-4-5-19(2)18-26(23-12-16-25(28)17-13-23)22-8-6-20(7-9-22)21-10-14-24(27)15-11-21/h10-17,19-20,22,26-28H,3-9,18H2,1-2H3. The van der Waals surface area contributed by atoms with Gasteiger partial charge in [-0.25, -0.2) is 0 Å². The summed E-state index contributed by atoms with van der Waals surface area (Å²) < 4.78 is 0. The first-order valence-corrected chi connectivity index (χ1v) is 11.1. The molecule has 2 unspecified atom stereocenters. The average molecular weight is 381 g/mol. The topological polar surface area (TPSA) is 40.5 Å². The average Bonchev–Trinajstić information content (AvgIpc) is 2.72. The summed E-state index contributed by atoms with van der Waals surface area (Å²) in [5.41, 5.74) is 2.77. The Bertz CT molecular complexity index is 696. The van der Waals surface area contributed by atoms with Gasteiger partial charge in [0, 0.05) is 0 Å². The van der Waals surface area contributed by atoms with E-state index in [9.17, 15) is 10.2 Å². The number of benzene rings is 2. The van der Waals surface area contributed by atoms with Gasteiger partial charge in [-0.05, 0) is 91.2 Å². The smallest absolute Gasteiger partial charge is 0.115 e. The van der Waals surface area contributed by atoms with Gasteiger partial charge in [0.15, 0.2) is 0 Å². The van der Waals surface area contributed by atoms with Crippen LogP contribution in [-0.2, 0) is 0 Å². The number of hydrogen-bond donors (Lipinski definition) is 2. The lowest BCUT2D eigenvalue weighted by molar-refractivity contribution is 0.251. The summed E-state index contributed by atoms with van der Waals surface area (Å²) in [6.45, 7) is 4.68. The number of phenolic OH excluding ortho intramolecular Hbond substituents is 2. The van der Waals surface area contributed by atoms with Gasteiger partial charge in [-0.15, -0.1) is 0 Å². The number of unbranched alkanes of at least 4 members (excludes halogenated alkanes) is 1. The van der Waals surface area contributed by atoms with Crippen molar-refractivity contribution in [1.29, 1.82) is 0 Å². The molecule has 0 heterocycles. The molecule has 2 aromatic rings. The second-order valence-corrected chi connectivity index (χ2v) is 8.88. The predicted molar refractivity (Wildman–Crippen MR) is 117 cm³/mol. The Morgan fingerprint density at radius 1 is 0.857 bits per heavy atom. The fourth-order valence-corrected chi connectivity index (χ4v) is 5.03. The summed E-state index contributed by atoms with van der Waals surface area (Å²) in [5, 5.41) is 19.3. The largest absolute Gasteiger partial charge is 0.508 e. The molecule has 2 nitrogen and oxygen atoms in total. The quantitative estimate of drug-likeness (QED) is 0.502. The van der Waals surface area contributed by atoms with E-state index in [0.29, 0.717) is 23.3 Å². The van der Waals surface area contributed by atoms with E-state index in [0.717, 1.165) is 11.8 Å². The highest BCUT2D eigenvalue weighted by atomic mass is 16.3. The SMILES string of the molecule is CCCCC(C)CC(c1ccc(O)cc1)C1CCC(c2ccc(O)cc2)CC1. The van der Waals surface area contributed by atoms with Crippen LogP contribution in [0.1, 0.15) is 88.2 Å². The van der Waals surface area contributed by atoms with Crippen LogP contribution in [0.25, 0.3) is 0 Å². The third kappa shape index (κ3) is 5.53. The maximum Gasteiger partial charge on any atom is 0.115 e. The van der Waals surface area contributed by atoms with Gasteiger partial charge in [-0.2, -0.15) is 0 Å². The zero-order valence-corrected chi connectivity index (χ0v) is 17.5. The Kier molecular flexibility index (Phi) is 7.42. The summed E-state index contributed by atoms with van der Waals surface area (Å²) in [6.07, 6.45) is 10.1. The van der Waals surface area contributed by atoms with E-state index >= 15 is 0 Å². The Balaban J connectivity index is 1.68. The molecule has 28 heavy (non-hydrogen) atoms. The van der Waals surface area contributed by atoms with E-state index in [1.54, 1.807) is 0 Å². The third-order valence-electron chi connectivity index (χ3n) is 6.73. The van der Waals surface area contributed by atoms with E-state index in [1.165, 1.54) is 62.5 Å². The summed E-state index contributed by atoms with van der Waals surface area (Å²) in [6, 6.07) is 15.8. The molecule has 0 aliphatic heterocycles. The van der Waals surface area contributed by atoms with E-state index in [4.69, 9.17) is 0 Å². The molecular formula is C26H36O2. The van der Waals surface area contributed by atoms with Crippen LogP contribution < -0.4 is 0 Å². The van der Waals surface area contributed by atoms with Crippen molar-refractivity contribution in [3.8, 4) is 11.5 Å². The van der Waals surface area contributed by atoms with Crippen molar-refractivity contribution < 1.29 is 10.2 Å². The minimum atomic E-state index is 0.353. The lowest BCUT2D eigenvalue weighted by Crippen LogP contribution is -2.21. The highest BCUT2D eigenvalue weighted by Crippen LogP contribution is 2.45. The van der Waals surface area contributed by atoms with Crippen molar-refractivity contribution >= 4 is 0 Å². The molecule has 2 atom stereocenters. The van der Waals surface area contributed by atoms with E-state index in [2.05, 4.69) is 38.1 Å². The first kappa shape index (κ1) is 20.8. The molecule has 1 saturated carbocycles. The van der Waals surface area contributed by atoms with Crippen LogP contribution in [0.3, 0.4) is 0 Å². The third-order valence-corrected chi connectivity index (χ3v) is 6.73. The fourth-order valence-electron chi connectivity index (χ4n) is 5.03. The second kappa shape index (κ2) is 10.0. The molecular weight excluding hydrogens is 344 g/mol. The van der Waals surface area contributed by atoms with Crippen LogP contribution in [0, 0.1) is 11.8 Å². The normalized spacial score (nSPS) is 21.9. The number of aromatic hydroxyl groups is 2. The molecule has 0 bridgehead atoms. The van der Waals surface area contributed by atoms with Gasteiger partial charge in [-0.3, -0.25) is 0 Å². The van der Waals surface area contributed by atoms with Crippen molar-refractivity contribution in [3.63, 3.8) is 0 Å². The predicted octanol–water partition coefficient (Wildman–Crippen LogP) is 7.37. The molecule has 0 saturated heterocycles. The summed E-state index contributed by atoms with van der Waals surface area (Å²) in [5.74, 6) is 3.39. The van der Waals surface area contributed by atoms with Crippen molar-refractivity contribution in [2.75, 3.05) is 0 Å². The molecule has 0 spiro atoms. The molecule has 2 aromatic carbocycles. The maximum absolute atomic E-state index is 9.71. The molecule has 1 fully saturated rings. The van der Waals surface area contributed by atoms with Crippen LogP contribution in [0.4, 0.5) is 0 Å². The van der Waals surface area contributed by atoms with Crippen LogP contribution in [-0.4, -0.2) is 10.2 Å². The fraction of sp³-hybridized carbons (Fsp3) is 0.538. The zero-order valence-electron chi connectivity index (χ0n) is 17.5. The molecule has 1 aliphatic rings. The molecule has 2 N–H and O–H groups in total. The maximum atomic E-state index is 9.71. The van der Waals surface area contributed by atoms with Crippen LogP contribution in [0.2, 0.25) is 0 Å². The molecule has 3 rings (SSSR count). The van der Waals surface area contributed by atoms with Gasteiger partial charge in [-0.1, -0.05) is 57.4 Å². The summed E-state index contributed by atoms with van der Waals surface area (Å²) >= 11 is 0. The first-order chi connectivity index (χ1) is 13.6. The zero-order chi connectivity index (χ0) is 19.9. The van der Waals surface area contributed by atoms with Gasteiger partial charge < -0.3 is 10.2 Å². The van der Waals surface area contributed by atoms with E-state index in [-0.39, 0.29) is 0 Å². The van der Waals surface area contributed by atoms with Crippen molar-refractivity contribution in [2.24, 2.45) is 11.8 Å². The number of phenols is 2. The van der Waals surface area contributed by atoms with Crippen LogP contribution >= 0.6 is 0 Å². The first-order valence-electron chi connectivity index (χ1n) is 11.1. The minimum absolute atomic E-state index is 0.353. The minimum Gasteiger partial charge on any atom is -0.508 e. The highest BCUT2D eigenvalue weighted by Gasteiger charge is 2.30. The summed E-state index contributed by atoms with van der Waals surface area (Å²) in [7, 11) is 0. The van der Waals surface area contributed by atoms with Crippen molar-refractivity contribution in [2.45, 2.75) is 77.0 Å². The second-order valence-electron chi connectivity index (χ2n) is 8.88. The van der Waals surface area contributed by atoms with Gasteiger partial charge >= 0.3 is 0 Å². The van der Waals surface area contributed by atoms with Crippen molar-refractivity contribution in [1.82, 2.24) is 0 Å². The lowest BCUT2D eigenvalue weighted by Gasteiger charge is -2.36. The monoisotopic (exact) mass is 380 g/mol. The van der Waals surface area contributed by atoms with Crippen molar-refractivity contribution in [3.05, 3.63) is 59.7 Å². The Morgan fingerprint density at radius 2 is 1.43 bits per heavy atom. The summed E-state index contributed by atoms with van der Waals surface area (Å²) in [4.78, 5) is 0. The van der Waals surface area contributed by atoms with Gasteiger partial charge in [0.25, 0.3) is 0 Å². The Morgan fingerprint density at radius 3 is 2.00 bits per heavy atom. The molecule has 0 aromatic heterocycles. The lowest BCUT2D eigenvalue weighted by atomic mass is 9.69. The van der Waals surface area contributed by atoms with Gasteiger partial charge in [0.1, 0.15) is 11.5 Å². The number of rotatable bonds is 8. The van der Waals surface area contributed by atoms with Crippen LogP contribution in [0.5, 0.6) is 11.5 Å². The Labute approximate surface area is 170 Å².